The van der Waals surface area contributed by atoms with Gasteiger partial charge in [0.05, 0.1) is 5.92 Å². The van der Waals surface area contributed by atoms with Gasteiger partial charge >= 0.3 is 12.1 Å². The smallest absolute Gasteiger partial charge is 0.407 e. The van der Waals surface area contributed by atoms with E-state index in [0.717, 1.165) is 11.1 Å². The predicted octanol–water partition coefficient (Wildman–Crippen LogP) is 2.16. The molecule has 2 rings (SSSR count). The van der Waals surface area contributed by atoms with Crippen molar-refractivity contribution >= 4 is 12.1 Å². The van der Waals surface area contributed by atoms with Crippen molar-refractivity contribution in [3.63, 3.8) is 0 Å². The molecule has 102 valence electrons. The molecule has 5 heteroatoms. The van der Waals surface area contributed by atoms with Crippen LogP contribution in [0.15, 0.2) is 24.3 Å². The van der Waals surface area contributed by atoms with Crippen LogP contribution in [0, 0.1) is 12.8 Å². The molecule has 0 bridgehead atoms. The van der Waals surface area contributed by atoms with E-state index in [2.05, 4.69) is 0 Å². The fraction of sp³-hybridized carbons (Fsp3) is 0.429. The number of hydrogen-bond donors (Lipinski definition) is 2. The lowest BCUT2D eigenvalue weighted by molar-refractivity contribution is -0.144. The Labute approximate surface area is 111 Å². The van der Waals surface area contributed by atoms with Crippen LogP contribution in [0.3, 0.4) is 0 Å². The number of piperidine rings is 1. The Balaban J connectivity index is 2.28. The highest BCUT2D eigenvalue weighted by molar-refractivity contribution is 5.74. The Morgan fingerprint density at radius 1 is 1.26 bits per heavy atom. The third-order valence-corrected chi connectivity index (χ3v) is 3.79. The maximum Gasteiger partial charge on any atom is 0.407 e. The van der Waals surface area contributed by atoms with Crippen molar-refractivity contribution in [2.45, 2.75) is 19.3 Å². The monoisotopic (exact) mass is 263 g/mol. The molecule has 1 amide bonds. The number of benzene rings is 1. The number of aryl methyl sites for hydroxylation is 1. The van der Waals surface area contributed by atoms with E-state index < -0.39 is 18.0 Å². The SMILES string of the molecule is Cc1ccccc1C1CCN(C(=O)O)CC1C(=O)O. The number of amides is 1. The van der Waals surface area contributed by atoms with Crippen molar-refractivity contribution in [3.05, 3.63) is 35.4 Å². The zero-order valence-corrected chi connectivity index (χ0v) is 10.7. The molecule has 5 nitrogen and oxygen atoms in total. The molecule has 2 N–H and O–H groups in total. The van der Waals surface area contributed by atoms with E-state index in [0.29, 0.717) is 13.0 Å². The van der Waals surface area contributed by atoms with E-state index in [4.69, 9.17) is 5.11 Å². The van der Waals surface area contributed by atoms with Gasteiger partial charge in [0.2, 0.25) is 0 Å². The Bertz CT molecular complexity index is 500. The van der Waals surface area contributed by atoms with Crippen molar-refractivity contribution in [2.24, 2.45) is 5.92 Å². The standard InChI is InChI=1S/C14H17NO4/c1-9-4-2-3-5-10(9)11-6-7-15(14(18)19)8-12(11)13(16)17/h2-5,11-12H,6-8H2,1H3,(H,16,17)(H,18,19). The summed E-state index contributed by atoms with van der Waals surface area (Å²) in [7, 11) is 0. The summed E-state index contributed by atoms with van der Waals surface area (Å²) in [4.78, 5) is 23.6. The first kappa shape index (κ1) is 13.4. The van der Waals surface area contributed by atoms with Gasteiger partial charge in [-0.25, -0.2) is 4.79 Å². The molecule has 1 fully saturated rings. The minimum atomic E-state index is -1.05. The lowest BCUT2D eigenvalue weighted by Gasteiger charge is -2.35. The lowest BCUT2D eigenvalue weighted by atomic mass is 9.79. The number of carboxylic acid groups (broad SMARTS) is 2. The number of hydrogen-bond acceptors (Lipinski definition) is 2. The molecule has 0 aromatic heterocycles. The molecule has 0 saturated carbocycles. The summed E-state index contributed by atoms with van der Waals surface area (Å²) in [5.41, 5.74) is 2.07. The molecule has 1 aliphatic rings. The highest BCUT2D eigenvalue weighted by Gasteiger charge is 2.37. The van der Waals surface area contributed by atoms with E-state index >= 15 is 0 Å². The van der Waals surface area contributed by atoms with Gasteiger partial charge in [0.25, 0.3) is 0 Å². The summed E-state index contributed by atoms with van der Waals surface area (Å²) in [6, 6.07) is 7.70. The molecule has 0 radical (unpaired) electrons. The number of carbonyl (C=O) groups is 2. The van der Waals surface area contributed by atoms with Gasteiger partial charge in [-0.15, -0.1) is 0 Å². The van der Waals surface area contributed by atoms with E-state index in [-0.39, 0.29) is 12.5 Å². The summed E-state index contributed by atoms with van der Waals surface area (Å²) in [5, 5.41) is 18.3. The molecule has 2 atom stereocenters. The molecule has 19 heavy (non-hydrogen) atoms. The topological polar surface area (TPSA) is 77.8 Å². The second kappa shape index (κ2) is 5.30. The van der Waals surface area contributed by atoms with Crippen LogP contribution in [0.4, 0.5) is 4.79 Å². The van der Waals surface area contributed by atoms with Crippen LogP contribution in [0.2, 0.25) is 0 Å². The minimum absolute atomic E-state index is 0.0592. The first-order chi connectivity index (χ1) is 9.00. The van der Waals surface area contributed by atoms with Crippen molar-refractivity contribution in [1.82, 2.24) is 4.90 Å². The van der Waals surface area contributed by atoms with Crippen molar-refractivity contribution in [1.29, 1.82) is 0 Å². The lowest BCUT2D eigenvalue weighted by Crippen LogP contribution is -2.45. The average molecular weight is 263 g/mol. The van der Waals surface area contributed by atoms with Crippen LogP contribution in [0.1, 0.15) is 23.5 Å². The molecule has 0 aliphatic carbocycles. The van der Waals surface area contributed by atoms with Gasteiger partial charge in [-0.05, 0) is 24.5 Å². The van der Waals surface area contributed by atoms with E-state index in [1.807, 2.05) is 31.2 Å². The van der Waals surface area contributed by atoms with Crippen LogP contribution in [-0.2, 0) is 4.79 Å². The molecule has 1 aromatic rings. The van der Waals surface area contributed by atoms with Crippen molar-refractivity contribution in [2.75, 3.05) is 13.1 Å². The zero-order chi connectivity index (χ0) is 14.0. The Morgan fingerprint density at radius 3 is 2.53 bits per heavy atom. The molecule has 1 aromatic carbocycles. The number of likely N-dealkylation sites (tertiary alicyclic amines) is 1. The van der Waals surface area contributed by atoms with E-state index in [1.54, 1.807) is 0 Å². The number of nitrogens with zero attached hydrogens (tertiary/aromatic N) is 1. The summed E-state index contributed by atoms with van der Waals surface area (Å²) in [6.07, 6.45) is -0.497. The zero-order valence-electron chi connectivity index (χ0n) is 10.7. The molecule has 1 aliphatic heterocycles. The summed E-state index contributed by atoms with van der Waals surface area (Å²) in [6.45, 7) is 2.40. The largest absolute Gasteiger partial charge is 0.481 e. The third-order valence-electron chi connectivity index (χ3n) is 3.79. The van der Waals surface area contributed by atoms with E-state index in [1.165, 1.54) is 4.90 Å². The summed E-state index contributed by atoms with van der Waals surface area (Å²) in [5.74, 6) is -1.72. The summed E-state index contributed by atoms with van der Waals surface area (Å²) < 4.78 is 0. The van der Waals surface area contributed by atoms with Gasteiger partial charge in [0.15, 0.2) is 0 Å². The second-order valence-corrected chi connectivity index (χ2v) is 4.93. The van der Waals surface area contributed by atoms with Crippen molar-refractivity contribution < 1.29 is 19.8 Å². The fourth-order valence-electron chi connectivity index (χ4n) is 2.75. The van der Waals surface area contributed by atoms with Crippen LogP contribution in [0.25, 0.3) is 0 Å². The maximum atomic E-state index is 11.4. The van der Waals surface area contributed by atoms with Crippen LogP contribution in [0.5, 0.6) is 0 Å². The Hall–Kier alpha value is -2.04. The second-order valence-electron chi connectivity index (χ2n) is 4.93. The normalized spacial score (nSPS) is 23.1. The van der Waals surface area contributed by atoms with Crippen LogP contribution >= 0.6 is 0 Å². The maximum absolute atomic E-state index is 11.4. The Kier molecular flexibility index (Phi) is 3.74. The fourth-order valence-corrected chi connectivity index (χ4v) is 2.75. The van der Waals surface area contributed by atoms with Gasteiger partial charge in [0, 0.05) is 19.0 Å². The van der Waals surface area contributed by atoms with Crippen LogP contribution < -0.4 is 0 Å². The first-order valence-corrected chi connectivity index (χ1v) is 6.27. The van der Waals surface area contributed by atoms with Gasteiger partial charge in [-0.1, -0.05) is 24.3 Å². The van der Waals surface area contributed by atoms with Gasteiger partial charge in [-0.3, -0.25) is 4.79 Å². The molecule has 0 spiro atoms. The molecule has 2 unspecified atom stereocenters. The number of carboxylic acids is 1. The number of aliphatic carboxylic acids is 1. The van der Waals surface area contributed by atoms with Gasteiger partial charge < -0.3 is 15.1 Å². The third kappa shape index (κ3) is 2.70. The summed E-state index contributed by atoms with van der Waals surface area (Å²) >= 11 is 0. The quantitative estimate of drug-likeness (QED) is 0.857. The molecule has 1 saturated heterocycles. The molecular weight excluding hydrogens is 246 g/mol. The molecular formula is C14H17NO4. The highest BCUT2D eigenvalue weighted by atomic mass is 16.4. The van der Waals surface area contributed by atoms with Crippen molar-refractivity contribution in [3.8, 4) is 0 Å². The highest BCUT2D eigenvalue weighted by Crippen LogP contribution is 2.34. The van der Waals surface area contributed by atoms with Gasteiger partial charge in [0.1, 0.15) is 0 Å². The first-order valence-electron chi connectivity index (χ1n) is 6.27. The van der Waals surface area contributed by atoms with E-state index in [9.17, 15) is 14.7 Å². The van der Waals surface area contributed by atoms with Gasteiger partial charge in [-0.2, -0.15) is 0 Å². The minimum Gasteiger partial charge on any atom is -0.481 e. The average Bonchev–Trinajstić information content (AvgIpc) is 2.38. The molecule has 1 heterocycles. The van der Waals surface area contributed by atoms with Crippen LogP contribution in [-0.4, -0.2) is 40.3 Å². The predicted molar refractivity (Wildman–Crippen MR) is 69.3 cm³/mol. The Morgan fingerprint density at radius 2 is 1.95 bits per heavy atom. The number of rotatable bonds is 2.